The molecule has 3 atom stereocenters. The lowest BCUT2D eigenvalue weighted by molar-refractivity contribution is -0.141. The maximum Gasteiger partial charge on any atom is 0.164 e. The molecule has 2 rings (SSSR count). The lowest BCUT2D eigenvalue weighted by Gasteiger charge is -2.27. The molecule has 0 radical (unpaired) electrons. The zero-order valence-corrected chi connectivity index (χ0v) is 10.8. The number of carbonyl (C=O) groups is 1. The second-order valence-corrected chi connectivity index (χ2v) is 6.01. The van der Waals surface area contributed by atoms with Crippen molar-refractivity contribution in [3.63, 3.8) is 0 Å². The molecule has 2 aliphatic rings. The van der Waals surface area contributed by atoms with Gasteiger partial charge in [-0.05, 0) is 57.8 Å². The maximum absolute atomic E-state index is 12.2. The molecule has 0 heterocycles. The van der Waals surface area contributed by atoms with E-state index in [0.717, 1.165) is 18.3 Å². The molecular formula is C14H24O2. The summed E-state index contributed by atoms with van der Waals surface area (Å²) in [5, 5.41) is 0. The Bertz CT molecular complexity index is 270. The van der Waals surface area contributed by atoms with Gasteiger partial charge in [-0.2, -0.15) is 0 Å². The first-order chi connectivity index (χ1) is 7.53. The second kappa shape index (κ2) is 4.48. The van der Waals surface area contributed by atoms with E-state index in [1.165, 1.54) is 25.7 Å². The van der Waals surface area contributed by atoms with Crippen LogP contribution in [0.15, 0.2) is 0 Å². The number of rotatable bonds is 5. The highest BCUT2D eigenvalue weighted by atomic mass is 16.5. The topological polar surface area (TPSA) is 26.3 Å². The van der Waals surface area contributed by atoms with Crippen LogP contribution in [-0.4, -0.2) is 18.0 Å². The standard InChI is InChI=1S/C14H24O2/c1-4-16-14(2,3)13(15)9-12-8-10-5-6-11(12)7-10/h10-12H,4-9H2,1-3H3. The van der Waals surface area contributed by atoms with Crippen LogP contribution in [0.25, 0.3) is 0 Å². The van der Waals surface area contributed by atoms with Crippen LogP contribution < -0.4 is 0 Å². The van der Waals surface area contributed by atoms with E-state index in [-0.39, 0.29) is 0 Å². The van der Waals surface area contributed by atoms with E-state index in [9.17, 15) is 4.79 Å². The second-order valence-electron chi connectivity index (χ2n) is 6.01. The van der Waals surface area contributed by atoms with Crippen molar-refractivity contribution in [2.45, 2.75) is 58.5 Å². The van der Waals surface area contributed by atoms with Gasteiger partial charge in [-0.3, -0.25) is 4.79 Å². The van der Waals surface area contributed by atoms with Gasteiger partial charge < -0.3 is 4.74 Å². The molecule has 0 spiro atoms. The van der Waals surface area contributed by atoms with Crippen molar-refractivity contribution in [1.82, 2.24) is 0 Å². The van der Waals surface area contributed by atoms with E-state index >= 15 is 0 Å². The smallest absolute Gasteiger partial charge is 0.164 e. The summed E-state index contributed by atoms with van der Waals surface area (Å²) in [6, 6.07) is 0. The highest BCUT2D eigenvalue weighted by Crippen LogP contribution is 2.49. The van der Waals surface area contributed by atoms with Crippen LogP contribution in [0.5, 0.6) is 0 Å². The Labute approximate surface area is 98.7 Å². The first-order valence-electron chi connectivity index (χ1n) is 6.70. The first kappa shape index (κ1) is 12.1. The summed E-state index contributed by atoms with van der Waals surface area (Å²) < 4.78 is 5.53. The number of ketones is 1. The minimum Gasteiger partial charge on any atom is -0.368 e. The maximum atomic E-state index is 12.2. The predicted molar refractivity (Wildman–Crippen MR) is 64.3 cm³/mol. The van der Waals surface area contributed by atoms with Gasteiger partial charge in [0.25, 0.3) is 0 Å². The third-order valence-corrected chi connectivity index (χ3v) is 4.51. The van der Waals surface area contributed by atoms with E-state index in [0.29, 0.717) is 18.3 Å². The predicted octanol–water partition coefficient (Wildman–Crippen LogP) is 3.20. The fraction of sp³-hybridized carbons (Fsp3) is 0.929. The third-order valence-electron chi connectivity index (χ3n) is 4.51. The molecule has 2 heteroatoms. The van der Waals surface area contributed by atoms with E-state index in [4.69, 9.17) is 4.74 Å². The molecule has 0 aromatic carbocycles. The largest absolute Gasteiger partial charge is 0.368 e. The number of Topliss-reactive ketones (excluding diaryl/α,β-unsaturated/α-hetero) is 1. The van der Waals surface area contributed by atoms with Crippen LogP contribution in [0.2, 0.25) is 0 Å². The number of fused-ring (bicyclic) bond motifs is 2. The minimum atomic E-state index is -0.573. The third kappa shape index (κ3) is 2.32. The zero-order chi connectivity index (χ0) is 11.8. The molecule has 0 aliphatic heterocycles. The van der Waals surface area contributed by atoms with E-state index in [1.807, 2.05) is 20.8 Å². The first-order valence-corrected chi connectivity index (χ1v) is 6.70. The Hall–Kier alpha value is -0.370. The summed E-state index contributed by atoms with van der Waals surface area (Å²) in [5.41, 5.74) is -0.573. The van der Waals surface area contributed by atoms with Crippen LogP contribution in [-0.2, 0) is 9.53 Å². The highest BCUT2D eigenvalue weighted by molar-refractivity contribution is 5.86. The van der Waals surface area contributed by atoms with Crippen LogP contribution in [0.1, 0.15) is 52.9 Å². The molecule has 16 heavy (non-hydrogen) atoms. The SMILES string of the molecule is CCOC(C)(C)C(=O)CC1CC2CCC1C2. The van der Waals surface area contributed by atoms with Gasteiger partial charge in [0.15, 0.2) is 5.78 Å². The summed E-state index contributed by atoms with van der Waals surface area (Å²) in [6.07, 6.45) is 6.18. The van der Waals surface area contributed by atoms with E-state index in [2.05, 4.69) is 0 Å². The Balaban J connectivity index is 1.88. The fourth-order valence-electron chi connectivity index (χ4n) is 3.55. The number of ether oxygens (including phenoxy) is 1. The lowest BCUT2D eigenvalue weighted by atomic mass is 9.82. The molecule has 2 bridgehead atoms. The van der Waals surface area contributed by atoms with Crippen molar-refractivity contribution in [2.24, 2.45) is 17.8 Å². The quantitative estimate of drug-likeness (QED) is 0.717. The summed E-state index contributed by atoms with van der Waals surface area (Å²) in [4.78, 5) is 12.2. The average molecular weight is 224 g/mol. The number of hydrogen-bond acceptors (Lipinski definition) is 2. The van der Waals surface area contributed by atoms with Gasteiger partial charge in [0.05, 0.1) is 0 Å². The summed E-state index contributed by atoms with van der Waals surface area (Å²) >= 11 is 0. The van der Waals surface area contributed by atoms with Gasteiger partial charge in [0, 0.05) is 13.0 Å². The Kier molecular flexibility index (Phi) is 3.39. The molecular weight excluding hydrogens is 200 g/mol. The van der Waals surface area contributed by atoms with Crippen LogP contribution >= 0.6 is 0 Å². The molecule has 2 aliphatic carbocycles. The van der Waals surface area contributed by atoms with Gasteiger partial charge in [-0.25, -0.2) is 0 Å². The van der Waals surface area contributed by atoms with Crippen molar-refractivity contribution in [3.05, 3.63) is 0 Å². The minimum absolute atomic E-state index is 0.298. The molecule has 0 saturated heterocycles. The van der Waals surface area contributed by atoms with Gasteiger partial charge in [0.1, 0.15) is 5.60 Å². The zero-order valence-electron chi connectivity index (χ0n) is 10.8. The van der Waals surface area contributed by atoms with E-state index in [1.54, 1.807) is 0 Å². The monoisotopic (exact) mass is 224 g/mol. The van der Waals surface area contributed by atoms with Crippen LogP contribution in [0.3, 0.4) is 0 Å². The Morgan fingerprint density at radius 3 is 2.56 bits per heavy atom. The molecule has 0 aromatic rings. The van der Waals surface area contributed by atoms with Crippen LogP contribution in [0.4, 0.5) is 0 Å². The molecule has 3 unspecified atom stereocenters. The van der Waals surface area contributed by atoms with Crippen LogP contribution in [0, 0.1) is 17.8 Å². The van der Waals surface area contributed by atoms with Crippen molar-refractivity contribution in [2.75, 3.05) is 6.61 Å². The molecule has 0 aromatic heterocycles. The van der Waals surface area contributed by atoms with Gasteiger partial charge >= 0.3 is 0 Å². The van der Waals surface area contributed by atoms with Gasteiger partial charge in [-0.15, -0.1) is 0 Å². The Morgan fingerprint density at radius 2 is 2.06 bits per heavy atom. The molecule has 2 fully saturated rings. The highest BCUT2D eigenvalue weighted by Gasteiger charge is 2.42. The van der Waals surface area contributed by atoms with Crippen molar-refractivity contribution in [1.29, 1.82) is 0 Å². The van der Waals surface area contributed by atoms with Crippen molar-refractivity contribution < 1.29 is 9.53 Å². The fourth-order valence-corrected chi connectivity index (χ4v) is 3.55. The number of carbonyl (C=O) groups excluding carboxylic acids is 1. The average Bonchev–Trinajstić information content (AvgIpc) is 2.78. The van der Waals surface area contributed by atoms with Crippen molar-refractivity contribution >= 4 is 5.78 Å². The number of hydrogen-bond donors (Lipinski definition) is 0. The van der Waals surface area contributed by atoms with Gasteiger partial charge in [-0.1, -0.05) is 6.42 Å². The summed E-state index contributed by atoms with van der Waals surface area (Å²) in [7, 11) is 0. The van der Waals surface area contributed by atoms with Gasteiger partial charge in [0.2, 0.25) is 0 Å². The molecule has 0 amide bonds. The molecule has 2 saturated carbocycles. The molecule has 2 nitrogen and oxygen atoms in total. The van der Waals surface area contributed by atoms with Crippen molar-refractivity contribution in [3.8, 4) is 0 Å². The molecule has 92 valence electrons. The van der Waals surface area contributed by atoms with E-state index < -0.39 is 5.60 Å². The normalized spacial score (nSPS) is 33.3. The summed E-state index contributed by atoms with van der Waals surface area (Å²) in [6.45, 7) is 6.39. The molecule has 0 N–H and O–H groups in total. The Morgan fingerprint density at radius 1 is 1.31 bits per heavy atom. The summed E-state index contributed by atoms with van der Waals surface area (Å²) in [5.74, 6) is 2.72. The lowest BCUT2D eigenvalue weighted by Crippen LogP contribution is -2.36.